The maximum Gasteiger partial charge on any atom is 0.252 e. The summed E-state index contributed by atoms with van der Waals surface area (Å²) in [6.45, 7) is 19.9. The van der Waals surface area contributed by atoms with Crippen molar-refractivity contribution in [3.63, 3.8) is 0 Å². The molecule has 24 rings (SSSR count). The third-order valence-corrected chi connectivity index (χ3v) is 36.6. The zero-order valence-electron chi connectivity index (χ0n) is 76.6. The number of ketones is 3. The van der Waals surface area contributed by atoms with Gasteiger partial charge in [-0.2, -0.15) is 0 Å². The molecule has 20 N–H and O–H groups in total. The number of nitrogens with two attached hydrogens (primary N) is 5. The number of Topliss-reactive ketones (excluding diaryl/α,β-unsaturated/α-hetero) is 3. The predicted octanol–water partition coefficient (Wildman–Crippen LogP) is 5.29. The van der Waals surface area contributed by atoms with E-state index in [9.17, 15) is 89.4 Å². The number of nitrogens with zero attached hydrogens (tertiary/aromatic N) is 5. The lowest BCUT2D eigenvalue weighted by Gasteiger charge is -2.63. The summed E-state index contributed by atoms with van der Waals surface area (Å²) in [4.78, 5) is 108. The molecule has 0 radical (unpaired) electrons. The number of aliphatic hydroxyl groups excluding tert-OH is 2. The first-order valence-electron chi connectivity index (χ1n) is 48.6. The van der Waals surface area contributed by atoms with Crippen LogP contribution in [0.1, 0.15) is 263 Å². The summed E-state index contributed by atoms with van der Waals surface area (Å²) in [7, 11) is 0. The second kappa shape index (κ2) is 32.7. The maximum atomic E-state index is 12.5. The molecular formula is C104H128N10O20. The van der Waals surface area contributed by atoms with Crippen LogP contribution in [0.15, 0.2) is 97.6 Å². The number of carbonyl (C=O) groups excluding carboxylic acids is 8. The summed E-state index contributed by atoms with van der Waals surface area (Å²) < 4.78 is 12.4. The third kappa shape index (κ3) is 13.2. The Kier molecular flexibility index (Phi) is 22.4. The van der Waals surface area contributed by atoms with Crippen molar-refractivity contribution in [3.05, 3.63) is 181 Å². The number of rotatable bonds is 15. The average molecular weight is 1840 g/mol. The minimum absolute atomic E-state index is 0.0447. The van der Waals surface area contributed by atoms with E-state index in [1.54, 1.807) is 30.3 Å². The lowest BCUT2D eigenvalue weighted by Crippen LogP contribution is -2.77. The second-order valence-corrected chi connectivity index (χ2v) is 43.1. The van der Waals surface area contributed by atoms with Crippen LogP contribution in [0.4, 0.5) is 0 Å². The zero-order valence-corrected chi connectivity index (χ0v) is 76.6. The standard InChI is InChI=1S/C22H28N2O4.2C21H26N2O4.2C20H24N2O4/c1-13(2)6-9-24-10-8-21-12-15(25)5-7-22(21,28)17(24)11-14-3-4-16(20(23)27)19(26)18(14)21;22-19(25)13-4-3-12-9-15-21(26)6-5-14(24)18-20(21,16(12)17(13)27-18)7-8-23(15)10-11-1-2-11;22-19(26)15-4-3-13-9-16-21(27)6-5-14(24)10-20(21,17(13)18(15)25)7-8-23(16)11-12-1-2-12;1-2-8-22-9-7-19-15-11-3-4-12(18(21)24)16(15)26-17(19)13(23)5-6-20(19,25)14(22)10-11;1-2-8-22-9-7-19-11-13(23)5-6-20(19,26)15(22)10-12-3-4-14(18(21)25)17(24)16(12)19/h3-4,6,17,26,28H,5,7-12H2,1-2H3,(H2,23,27);3-4,11,14-15,18,24,26H,1-2,5-10H2,(H2,22,25);3-4,12,16,25,27H,1-2,5-11H2,(H2,22,26);2-4,13-14,17,23,25H,1,5-10H2,(H2,21,24);2-4,15,24,26H,1,5-11H2,(H2,21,25)/t17-,21-,22-;14-,15-,18+,20+,21-;16-,20-,21-;13-,14-,17+,19+,20-;15-,19-,20-/m11111/s1. The normalized spacial score (nSPS) is 36.4. The number of primary amides is 5. The van der Waals surface area contributed by atoms with Crippen molar-refractivity contribution in [2.45, 2.75) is 297 Å². The number of hydrogen-bond acceptors (Lipinski definition) is 25. The van der Waals surface area contributed by atoms with E-state index in [4.69, 9.17) is 38.1 Å². The first-order chi connectivity index (χ1) is 63.8. The molecule has 2 spiro atoms. The smallest absolute Gasteiger partial charge is 0.252 e. The molecule has 7 aliphatic heterocycles. The van der Waals surface area contributed by atoms with E-state index < -0.39 is 109 Å². The molecule has 30 heteroatoms. The van der Waals surface area contributed by atoms with Gasteiger partial charge in [-0.15, -0.1) is 13.2 Å². The SMILES string of the molecule is C=CCN1CC[C@]23CC(=O)CC[C@@]2(O)[C@H]1Cc1ccc(C(N)=O)c(O)c13.C=CCN1CC[C@]23c4c5ccc(C(N)=O)c4O[C@H]2[C@H](O)CC[C@@]3(O)[C@H]1C5.CC(C)=CCN1CC[C@]23CC(=O)CC[C@@]2(O)[C@H]1Cc1ccc(C(N)=O)c(O)c13.NC(=O)c1ccc2c(c1O)[C@]13CCN(CC4CC4)[C@H](C2)[C@]1(O)CCC(=O)C3.NC(=O)c1ccc2c3c1O[C@H]1[C@H](O)CC[C@@]4(O)[C@@H](C2)N(CC2CC2)CC[C@]314. The lowest BCUT2D eigenvalue weighted by molar-refractivity contribution is -0.208. The summed E-state index contributed by atoms with van der Waals surface area (Å²) >= 11 is 0. The number of piperidine rings is 5. The van der Waals surface area contributed by atoms with Gasteiger partial charge >= 0.3 is 0 Å². The molecule has 5 aromatic carbocycles. The largest absolute Gasteiger partial charge is 0.507 e. The highest BCUT2D eigenvalue weighted by molar-refractivity contribution is 6.00. The number of fused-ring (bicyclic) bond motifs is 3. The van der Waals surface area contributed by atoms with Crippen LogP contribution in [0.3, 0.4) is 0 Å². The first kappa shape index (κ1) is 91.9. The van der Waals surface area contributed by atoms with Crippen molar-refractivity contribution in [3.8, 4) is 28.7 Å². The van der Waals surface area contributed by atoms with E-state index in [0.717, 1.165) is 116 Å². The zero-order chi connectivity index (χ0) is 94.8. The van der Waals surface area contributed by atoms with E-state index in [0.29, 0.717) is 168 Å². The van der Waals surface area contributed by atoms with Crippen molar-refractivity contribution < 1.29 is 98.9 Å². The molecule has 19 aliphatic rings. The van der Waals surface area contributed by atoms with Gasteiger partial charge in [-0.05, 0) is 251 Å². The van der Waals surface area contributed by atoms with Crippen LogP contribution >= 0.6 is 0 Å². The number of carbonyl (C=O) groups is 8. The van der Waals surface area contributed by atoms with Gasteiger partial charge in [0.1, 0.15) is 58.3 Å². The Morgan fingerprint density at radius 3 is 0.985 bits per heavy atom. The topological polar surface area (TPSA) is 504 Å². The summed E-state index contributed by atoms with van der Waals surface area (Å²) in [5.74, 6) is -0.846. The third-order valence-electron chi connectivity index (χ3n) is 36.6. The molecule has 5 amide bonds. The Balaban J connectivity index is 0.000000104. The highest BCUT2D eigenvalue weighted by Crippen LogP contribution is 2.69. The lowest BCUT2D eigenvalue weighted by atomic mass is 9.48. The molecule has 0 aromatic heterocycles. The minimum atomic E-state index is -1.12. The van der Waals surface area contributed by atoms with Crippen molar-refractivity contribution in [2.24, 2.45) is 40.5 Å². The van der Waals surface area contributed by atoms with Gasteiger partial charge < -0.3 is 89.2 Å². The number of ether oxygens (including phenoxy) is 2. The van der Waals surface area contributed by atoms with Gasteiger partial charge in [0.05, 0.1) is 78.9 Å². The van der Waals surface area contributed by atoms with Gasteiger partial charge in [-0.25, -0.2) is 0 Å². The van der Waals surface area contributed by atoms with Crippen LogP contribution in [0, 0.1) is 11.8 Å². The minimum Gasteiger partial charge on any atom is -0.507 e. The van der Waals surface area contributed by atoms with Crippen LogP contribution in [-0.2, 0) is 73.6 Å². The molecular weight excluding hydrogens is 1710 g/mol. The predicted molar refractivity (Wildman–Crippen MR) is 493 cm³/mol. The van der Waals surface area contributed by atoms with Crippen molar-refractivity contribution >= 4 is 46.9 Å². The van der Waals surface area contributed by atoms with Crippen LogP contribution in [-0.4, -0.2) is 271 Å². The Morgan fingerprint density at radius 2 is 0.664 bits per heavy atom. The van der Waals surface area contributed by atoms with Gasteiger partial charge in [0.25, 0.3) is 29.5 Å². The van der Waals surface area contributed by atoms with Crippen LogP contribution in [0.5, 0.6) is 28.7 Å². The molecule has 714 valence electrons. The van der Waals surface area contributed by atoms with E-state index in [-0.39, 0.29) is 101 Å². The molecule has 7 saturated carbocycles. The molecule has 19 atom stereocenters. The van der Waals surface area contributed by atoms with Crippen molar-refractivity contribution in [2.75, 3.05) is 65.4 Å². The van der Waals surface area contributed by atoms with Crippen molar-refractivity contribution in [1.82, 2.24) is 24.5 Å². The van der Waals surface area contributed by atoms with E-state index >= 15 is 0 Å². The molecule has 12 aliphatic carbocycles. The first-order valence-corrected chi connectivity index (χ1v) is 48.6. The second-order valence-electron chi connectivity index (χ2n) is 43.1. The molecule has 7 heterocycles. The summed E-state index contributed by atoms with van der Waals surface area (Å²) in [5, 5.41) is 114. The molecule has 5 saturated heterocycles. The van der Waals surface area contributed by atoms with Gasteiger partial charge in [0.2, 0.25) is 0 Å². The Hall–Kier alpha value is -9.80. The molecule has 10 bridgehead atoms. The Bertz CT molecular complexity index is 5850. The van der Waals surface area contributed by atoms with Gasteiger partial charge in [0.15, 0.2) is 0 Å². The monoisotopic (exact) mass is 1840 g/mol. The number of allylic oxidation sites excluding steroid dienone is 1. The number of aliphatic hydroxyl groups is 7. The molecule has 134 heavy (non-hydrogen) atoms. The van der Waals surface area contributed by atoms with Gasteiger partial charge in [0, 0.05) is 146 Å². The number of phenols is 3. The fourth-order valence-electron chi connectivity index (χ4n) is 30.2. The highest BCUT2D eigenvalue weighted by atomic mass is 16.5. The fourth-order valence-corrected chi connectivity index (χ4v) is 30.2. The fraction of sp³-hybridized carbons (Fsp3) is 0.577. The van der Waals surface area contributed by atoms with E-state index in [2.05, 4.69) is 57.6 Å². The molecule has 30 nitrogen and oxygen atoms in total. The van der Waals surface area contributed by atoms with Crippen LogP contribution in [0.2, 0.25) is 0 Å². The Morgan fingerprint density at radius 1 is 0.381 bits per heavy atom. The molecule has 12 fully saturated rings. The molecule has 5 aromatic rings. The van der Waals surface area contributed by atoms with Crippen molar-refractivity contribution in [1.29, 1.82) is 0 Å². The van der Waals surface area contributed by atoms with Gasteiger partial charge in [-0.3, -0.25) is 62.9 Å². The molecule has 0 unspecified atom stereocenters. The van der Waals surface area contributed by atoms with Crippen LogP contribution < -0.4 is 38.1 Å². The Labute approximate surface area is 778 Å². The summed E-state index contributed by atoms with van der Waals surface area (Å²) in [5.41, 5.74) is 29.0. The number of aromatic hydroxyl groups is 3. The number of amides is 5. The number of benzene rings is 5. The summed E-state index contributed by atoms with van der Waals surface area (Å²) in [6.07, 6.45) is 19.9. The van der Waals surface area contributed by atoms with Gasteiger partial charge in [-0.1, -0.05) is 54.1 Å². The quantitative estimate of drug-likeness (QED) is 0.0592. The number of likely N-dealkylation sites (tertiary alicyclic amines) is 5. The summed E-state index contributed by atoms with van der Waals surface area (Å²) in [6, 6.07) is 17.2. The van der Waals surface area contributed by atoms with E-state index in [1.165, 1.54) is 37.3 Å². The number of hydrogen-bond donors (Lipinski definition) is 15. The average Bonchev–Trinajstić information content (AvgIpc) is 1.48. The van der Waals surface area contributed by atoms with E-state index in [1.807, 2.05) is 36.4 Å². The van der Waals surface area contributed by atoms with Crippen LogP contribution in [0.25, 0.3) is 0 Å². The highest BCUT2D eigenvalue weighted by Gasteiger charge is 2.76. The maximum absolute atomic E-state index is 12.5.